The zero-order valence-corrected chi connectivity index (χ0v) is 6.96. The molecule has 0 aromatic heterocycles. The van der Waals surface area contributed by atoms with Crippen molar-refractivity contribution in [1.29, 1.82) is 0 Å². The average Bonchev–Trinajstić information content (AvgIpc) is 2.42. The van der Waals surface area contributed by atoms with Crippen LogP contribution >= 0.6 is 0 Å². The van der Waals surface area contributed by atoms with Crippen molar-refractivity contribution in [1.82, 2.24) is 0 Å². The summed E-state index contributed by atoms with van der Waals surface area (Å²) in [6.07, 6.45) is 3.08. The van der Waals surface area contributed by atoms with Gasteiger partial charge in [-0.25, -0.2) is 0 Å². The minimum Gasteiger partial charge on any atom is -0.385 e. The molecule has 12 heavy (non-hydrogen) atoms. The zero-order chi connectivity index (χ0) is 8.60. The molecule has 1 nitrogen and oxygen atoms in total. The summed E-state index contributed by atoms with van der Waals surface area (Å²) >= 11 is 0. The Balaban J connectivity index is 2.39. The highest BCUT2D eigenvalue weighted by molar-refractivity contribution is 5.37. The Morgan fingerprint density at radius 1 is 1.25 bits per heavy atom. The van der Waals surface area contributed by atoms with E-state index >= 15 is 0 Å². The Labute approximate surface area is 72.4 Å². The van der Waals surface area contributed by atoms with Crippen molar-refractivity contribution in [2.75, 3.05) is 0 Å². The number of rotatable bonds is 1. The fourth-order valence-corrected chi connectivity index (χ4v) is 1.77. The zero-order valence-electron chi connectivity index (χ0n) is 6.96. The van der Waals surface area contributed by atoms with Gasteiger partial charge in [-0.1, -0.05) is 30.3 Å². The summed E-state index contributed by atoms with van der Waals surface area (Å²) in [6, 6.07) is 8.15. The molecule has 1 N–H and O–H groups in total. The van der Waals surface area contributed by atoms with Crippen LogP contribution in [0.3, 0.4) is 0 Å². The van der Waals surface area contributed by atoms with Crippen LogP contribution in [0.1, 0.15) is 11.1 Å². The van der Waals surface area contributed by atoms with Gasteiger partial charge in [0.15, 0.2) is 0 Å². The topological polar surface area (TPSA) is 20.2 Å². The Bertz CT molecular complexity index is 290. The van der Waals surface area contributed by atoms with E-state index in [1.807, 2.05) is 12.1 Å². The highest BCUT2D eigenvalue weighted by Gasteiger charge is 2.31. The van der Waals surface area contributed by atoms with Gasteiger partial charge < -0.3 is 5.11 Å². The molecule has 0 saturated heterocycles. The minimum atomic E-state index is -0.691. The maximum absolute atomic E-state index is 9.90. The van der Waals surface area contributed by atoms with Crippen LogP contribution in [0.5, 0.6) is 0 Å². The maximum atomic E-state index is 9.90. The smallest absolute Gasteiger partial charge is 0.0905 e. The molecule has 1 aromatic rings. The van der Waals surface area contributed by atoms with E-state index in [4.69, 9.17) is 0 Å². The van der Waals surface area contributed by atoms with Crippen LogP contribution in [-0.2, 0) is 12.8 Å². The van der Waals surface area contributed by atoms with Gasteiger partial charge in [-0.2, -0.15) is 0 Å². The van der Waals surface area contributed by atoms with E-state index in [0.717, 1.165) is 0 Å². The normalized spacial score (nSPS) is 18.8. The molecule has 0 saturated carbocycles. The SMILES string of the molecule is C=CC1(O)Cc2ccccc2C1. The van der Waals surface area contributed by atoms with Crippen molar-refractivity contribution in [3.63, 3.8) is 0 Å². The molecule has 1 aliphatic rings. The lowest BCUT2D eigenvalue weighted by molar-refractivity contribution is 0.103. The number of benzene rings is 1. The lowest BCUT2D eigenvalue weighted by Crippen LogP contribution is -2.25. The molecule has 1 heteroatoms. The Kier molecular flexibility index (Phi) is 1.55. The molecule has 62 valence electrons. The molecule has 0 aliphatic heterocycles. The highest BCUT2D eigenvalue weighted by Crippen LogP contribution is 2.30. The number of fused-ring (bicyclic) bond motifs is 1. The summed E-state index contributed by atoms with van der Waals surface area (Å²) in [6.45, 7) is 3.65. The molecule has 0 spiro atoms. The summed E-state index contributed by atoms with van der Waals surface area (Å²) in [7, 11) is 0. The van der Waals surface area contributed by atoms with Crippen LogP contribution in [0, 0.1) is 0 Å². The second kappa shape index (κ2) is 2.46. The van der Waals surface area contributed by atoms with Gasteiger partial charge >= 0.3 is 0 Å². The average molecular weight is 160 g/mol. The molecule has 0 radical (unpaired) electrons. The minimum absolute atomic E-state index is 0.691. The Hall–Kier alpha value is -1.08. The lowest BCUT2D eigenvalue weighted by atomic mass is 10.0. The Morgan fingerprint density at radius 2 is 1.75 bits per heavy atom. The second-order valence-corrected chi connectivity index (χ2v) is 3.43. The van der Waals surface area contributed by atoms with Crippen molar-refractivity contribution in [3.05, 3.63) is 48.0 Å². The van der Waals surface area contributed by atoms with Gasteiger partial charge in [0.25, 0.3) is 0 Å². The summed E-state index contributed by atoms with van der Waals surface area (Å²) < 4.78 is 0. The van der Waals surface area contributed by atoms with Gasteiger partial charge in [0.1, 0.15) is 0 Å². The van der Waals surface area contributed by atoms with Crippen molar-refractivity contribution < 1.29 is 5.11 Å². The van der Waals surface area contributed by atoms with Crippen LogP contribution < -0.4 is 0 Å². The van der Waals surface area contributed by atoms with E-state index in [1.165, 1.54) is 11.1 Å². The summed E-state index contributed by atoms with van der Waals surface area (Å²) in [5.74, 6) is 0. The van der Waals surface area contributed by atoms with Crippen molar-refractivity contribution >= 4 is 0 Å². The van der Waals surface area contributed by atoms with Crippen LogP contribution in [0.2, 0.25) is 0 Å². The predicted octanol–water partition coefficient (Wildman–Crippen LogP) is 1.70. The van der Waals surface area contributed by atoms with Crippen LogP contribution in [0.15, 0.2) is 36.9 Å². The maximum Gasteiger partial charge on any atom is 0.0905 e. The fourth-order valence-electron chi connectivity index (χ4n) is 1.77. The third-order valence-corrected chi connectivity index (χ3v) is 2.49. The van der Waals surface area contributed by atoms with Gasteiger partial charge in [-0.3, -0.25) is 0 Å². The number of aliphatic hydroxyl groups is 1. The van der Waals surface area contributed by atoms with E-state index in [1.54, 1.807) is 6.08 Å². The molecule has 0 atom stereocenters. The summed E-state index contributed by atoms with van der Waals surface area (Å²) in [4.78, 5) is 0. The molecule has 2 rings (SSSR count). The van der Waals surface area contributed by atoms with Crippen molar-refractivity contribution in [2.24, 2.45) is 0 Å². The van der Waals surface area contributed by atoms with Crippen LogP contribution in [0.4, 0.5) is 0 Å². The standard InChI is InChI=1S/C11H12O/c1-2-11(12)7-9-5-3-4-6-10(9)8-11/h2-6,12H,1,7-8H2. The van der Waals surface area contributed by atoms with Crippen molar-refractivity contribution in [2.45, 2.75) is 18.4 Å². The molecule has 0 unspecified atom stereocenters. The Morgan fingerprint density at radius 3 is 2.17 bits per heavy atom. The van der Waals surface area contributed by atoms with Gasteiger partial charge in [0.2, 0.25) is 0 Å². The largest absolute Gasteiger partial charge is 0.385 e. The monoisotopic (exact) mass is 160 g/mol. The molecule has 0 amide bonds. The molecule has 0 bridgehead atoms. The first-order valence-corrected chi connectivity index (χ1v) is 4.16. The van der Waals surface area contributed by atoms with Gasteiger partial charge in [0.05, 0.1) is 5.60 Å². The molecule has 1 aliphatic carbocycles. The number of hydrogen-bond donors (Lipinski definition) is 1. The molecule has 0 fully saturated rings. The van der Waals surface area contributed by atoms with Crippen LogP contribution in [-0.4, -0.2) is 10.7 Å². The highest BCUT2D eigenvalue weighted by atomic mass is 16.3. The number of hydrogen-bond acceptors (Lipinski definition) is 1. The summed E-state index contributed by atoms with van der Waals surface area (Å²) in [5, 5.41) is 9.90. The predicted molar refractivity (Wildman–Crippen MR) is 49.0 cm³/mol. The van der Waals surface area contributed by atoms with E-state index in [9.17, 15) is 5.11 Å². The first-order valence-electron chi connectivity index (χ1n) is 4.16. The molecule has 0 heterocycles. The molecule has 1 aromatic carbocycles. The first kappa shape index (κ1) is 7.56. The van der Waals surface area contributed by atoms with Gasteiger partial charge in [0, 0.05) is 12.8 Å². The quantitative estimate of drug-likeness (QED) is 0.620. The lowest BCUT2D eigenvalue weighted by Gasteiger charge is -2.15. The van der Waals surface area contributed by atoms with E-state index in [2.05, 4.69) is 18.7 Å². The third kappa shape index (κ3) is 1.07. The van der Waals surface area contributed by atoms with Gasteiger partial charge in [-0.15, -0.1) is 6.58 Å². The van der Waals surface area contributed by atoms with Gasteiger partial charge in [-0.05, 0) is 11.1 Å². The van der Waals surface area contributed by atoms with E-state index in [-0.39, 0.29) is 0 Å². The molecular formula is C11H12O. The summed E-state index contributed by atoms with van der Waals surface area (Å²) in [5.41, 5.74) is 1.81. The molecular weight excluding hydrogens is 148 g/mol. The first-order chi connectivity index (χ1) is 5.73. The van der Waals surface area contributed by atoms with E-state index in [0.29, 0.717) is 12.8 Å². The fraction of sp³-hybridized carbons (Fsp3) is 0.273. The van der Waals surface area contributed by atoms with Crippen LogP contribution in [0.25, 0.3) is 0 Å². The van der Waals surface area contributed by atoms with E-state index < -0.39 is 5.60 Å². The van der Waals surface area contributed by atoms with Crippen molar-refractivity contribution in [3.8, 4) is 0 Å². The second-order valence-electron chi connectivity index (χ2n) is 3.43. The third-order valence-electron chi connectivity index (χ3n) is 2.49.